The Balaban J connectivity index is 2.62. The predicted molar refractivity (Wildman–Crippen MR) is 62.7 cm³/mol. The van der Waals surface area contributed by atoms with E-state index >= 15 is 0 Å². The molecule has 1 heteroatoms. The number of hydrogen-bond donors (Lipinski definition) is 0. The zero-order valence-corrected chi connectivity index (χ0v) is 9.23. The van der Waals surface area contributed by atoms with Gasteiger partial charge in [0.25, 0.3) is 0 Å². The Hall–Kier alpha value is -1.37. The zero-order valence-electron chi connectivity index (χ0n) is 9.23. The summed E-state index contributed by atoms with van der Waals surface area (Å²) in [6.45, 7) is 4.23. The molecule has 78 valence electrons. The fourth-order valence-corrected chi connectivity index (χ4v) is 2.35. The molecule has 2 rings (SSSR count). The van der Waals surface area contributed by atoms with Crippen molar-refractivity contribution in [2.75, 3.05) is 0 Å². The van der Waals surface area contributed by atoms with E-state index in [-0.39, 0.29) is 5.41 Å². The van der Waals surface area contributed by atoms with Crippen LogP contribution in [0.1, 0.15) is 31.4 Å². The number of carbonyl (C=O) groups excluding carboxylic acids is 1. The molecule has 0 aliphatic heterocycles. The maximum atomic E-state index is 11.5. The van der Waals surface area contributed by atoms with Crippen LogP contribution in [0.5, 0.6) is 0 Å². The van der Waals surface area contributed by atoms with Gasteiger partial charge in [-0.3, -0.25) is 0 Å². The average Bonchev–Trinajstić information content (AvgIpc) is 2.28. The van der Waals surface area contributed by atoms with Crippen molar-refractivity contribution in [2.24, 2.45) is 5.92 Å². The van der Waals surface area contributed by atoms with E-state index in [1.54, 1.807) is 0 Å². The molecule has 0 aromatic heterocycles. The Bertz CT molecular complexity index is 404. The molecule has 0 heterocycles. The molecular formula is C14H16O. The maximum Gasteiger partial charge on any atom is 0.131 e. The number of fused-ring (bicyclic) bond motifs is 1. The van der Waals surface area contributed by atoms with Crippen LogP contribution in [0.25, 0.3) is 6.08 Å². The summed E-state index contributed by atoms with van der Waals surface area (Å²) in [5.74, 6) is 0.334. The molecule has 0 amide bonds. The minimum Gasteiger partial charge on any atom is -0.302 e. The van der Waals surface area contributed by atoms with Crippen molar-refractivity contribution in [2.45, 2.75) is 25.7 Å². The van der Waals surface area contributed by atoms with Crippen molar-refractivity contribution >= 4 is 12.4 Å². The van der Waals surface area contributed by atoms with Gasteiger partial charge in [0, 0.05) is 0 Å². The molecular weight excluding hydrogens is 184 g/mol. The first-order valence-electron chi connectivity index (χ1n) is 5.43. The summed E-state index contributed by atoms with van der Waals surface area (Å²) in [4.78, 5) is 11.5. The van der Waals surface area contributed by atoms with Crippen LogP contribution in [-0.2, 0) is 10.2 Å². The third kappa shape index (κ3) is 1.43. The van der Waals surface area contributed by atoms with Crippen LogP contribution in [0.15, 0.2) is 30.3 Å². The second-order valence-corrected chi connectivity index (χ2v) is 4.51. The second-order valence-electron chi connectivity index (χ2n) is 4.51. The highest BCUT2D eigenvalue weighted by molar-refractivity contribution is 5.76. The molecule has 15 heavy (non-hydrogen) atoms. The Morgan fingerprint density at radius 2 is 2.07 bits per heavy atom. The molecule has 0 spiro atoms. The zero-order chi connectivity index (χ0) is 10.9. The molecule has 0 N–H and O–H groups in total. The van der Waals surface area contributed by atoms with Crippen LogP contribution >= 0.6 is 0 Å². The van der Waals surface area contributed by atoms with E-state index in [4.69, 9.17) is 0 Å². The van der Waals surface area contributed by atoms with Gasteiger partial charge < -0.3 is 4.79 Å². The minimum absolute atomic E-state index is 0.314. The number of allylic oxidation sites excluding steroid dienone is 1. The van der Waals surface area contributed by atoms with E-state index in [0.717, 1.165) is 12.7 Å². The van der Waals surface area contributed by atoms with Gasteiger partial charge in [-0.25, -0.2) is 0 Å². The Morgan fingerprint density at radius 1 is 1.33 bits per heavy atom. The molecule has 0 radical (unpaired) electrons. The Labute approximate surface area is 90.8 Å². The molecule has 0 saturated heterocycles. The average molecular weight is 200 g/mol. The summed E-state index contributed by atoms with van der Waals surface area (Å²) in [5, 5.41) is 0. The first-order valence-corrected chi connectivity index (χ1v) is 5.43. The molecule has 1 nitrogen and oxygen atoms in total. The molecule has 1 aliphatic carbocycles. The first kappa shape index (κ1) is 10.2. The lowest BCUT2D eigenvalue weighted by Gasteiger charge is -2.35. The van der Waals surface area contributed by atoms with Gasteiger partial charge in [-0.15, -0.1) is 0 Å². The lowest BCUT2D eigenvalue weighted by molar-refractivity contribution is -0.114. The Morgan fingerprint density at radius 3 is 2.73 bits per heavy atom. The van der Waals surface area contributed by atoms with Crippen molar-refractivity contribution in [1.29, 1.82) is 0 Å². The minimum atomic E-state index is -0.314. The van der Waals surface area contributed by atoms with Gasteiger partial charge in [0.2, 0.25) is 0 Å². The van der Waals surface area contributed by atoms with E-state index in [2.05, 4.69) is 38.1 Å². The molecule has 0 fully saturated rings. The van der Waals surface area contributed by atoms with Crippen molar-refractivity contribution in [1.82, 2.24) is 0 Å². The number of carbonyl (C=O) groups is 1. The van der Waals surface area contributed by atoms with Crippen LogP contribution < -0.4 is 0 Å². The lowest BCUT2D eigenvalue weighted by atomic mass is 9.67. The predicted octanol–water partition coefficient (Wildman–Crippen LogP) is 3.20. The molecule has 1 atom stereocenters. The number of hydrogen-bond acceptors (Lipinski definition) is 1. The summed E-state index contributed by atoms with van der Waals surface area (Å²) in [5.41, 5.74) is 2.05. The van der Waals surface area contributed by atoms with Gasteiger partial charge in [-0.05, 0) is 23.5 Å². The molecule has 1 aromatic carbocycles. The molecule has 1 aromatic rings. The highest BCUT2D eigenvalue weighted by atomic mass is 16.1. The van der Waals surface area contributed by atoms with E-state index < -0.39 is 0 Å². The van der Waals surface area contributed by atoms with Gasteiger partial charge in [0.05, 0.1) is 5.41 Å². The second kappa shape index (κ2) is 3.65. The molecule has 0 bridgehead atoms. The van der Waals surface area contributed by atoms with Crippen LogP contribution in [0.2, 0.25) is 0 Å². The summed E-state index contributed by atoms with van der Waals surface area (Å²) >= 11 is 0. The van der Waals surface area contributed by atoms with Crippen molar-refractivity contribution in [3.63, 3.8) is 0 Å². The third-order valence-electron chi connectivity index (χ3n) is 3.46. The SMILES string of the molecule is CC(C)C1(C=O)CC=Cc2ccccc21. The summed E-state index contributed by atoms with van der Waals surface area (Å²) < 4.78 is 0. The summed E-state index contributed by atoms with van der Waals surface area (Å²) in [7, 11) is 0. The Kier molecular flexibility index (Phi) is 2.47. The highest BCUT2D eigenvalue weighted by Gasteiger charge is 2.37. The van der Waals surface area contributed by atoms with E-state index in [9.17, 15) is 4.79 Å². The molecule has 1 aliphatic rings. The van der Waals surface area contributed by atoms with Crippen molar-refractivity contribution in [3.8, 4) is 0 Å². The largest absolute Gasteiger partial charge is 0.302 e. The van der Waals surface area contributed by atoms with Crippen LogP contribution in [0.4, 0.5) is 0 Å². The normalized spacial score (nSPS) is 23.9. The topological polar surface area (TPSA) is 17.1 Å². The van der Waals surface area contributed by atoms with E-state index in [1.807, 2.05) is 12.1 Å². The van der Waals surface area contributed by atoms with Gasteiger partial charge in [0.1, 0.15) is 6.29 Å². The third-order valence-corrected chi connectivity index (χ3v) is 3.46. The van der Waals surface area contributed by atoms with Gasteiger partial charge in [0.15, 0.2) is 0 Å². The van der Waals surface area contributed by atoms with Crippen molar-refractivity contribution < 1.29 is 4.79 Å². The van der Waals surface area contributed by atoms with E-state index in [0.29, 0.717) is 5.92 Å². The summed E-state index contributed by atoms with van der Waals surface area (Å²) in [6.07, 6.45) is 6.17. The smallest absolute Gasteiger partial charge is 0.131 e. The lowest BCUT2D eigenvalue weighted by Crippen LogP contribution is -2.35. The van der Waals surface area contributed by atoms with E-state index in [1.165, 1.54) is 11.1 Å². The highest BCUT2D eigenvalue weighted by Crippen LogP contribution is 2.39. The van der Waals surface area contributed by atoms with Crippen LogP contribution in [0.3, 0.4) is 0 Å². The fourth-order valence-electron chi connectivity index (χ4n) is 2.35. The van der Waals surface area contributed by atoms with Gasteiger partial charge in [-0.1, -0.05) is 50.3 Å². The quantitative estimate of drug-likeness (QED) is 0.670. The maximum absolute atomic E-state index is 11.5. The van der Waals surface area contributed by atoms with Gasteiger partial charge >= 0.3 is 0 Å². The standard InChI is InChI=1S/C14H16O/c1-11(2)14(10-15)9-5-7-12-6-3-4-8-13(12)14/h3-8,10-11H,9H2,1-2H3. The first-order chi connectivity index (χ1) is 7.20. The number of rotatable bonds is 2. The fraction of sp³-hybridized carbons (Fsp3) is 0.357. The number of aldehydes is 1. The molecule has 1 unspecified atom stereocenters. The van der Waals surface area contributed by atoms with Crippen LogP contribution in [0, 0.1) is 5.92 Å². The molecule has 0 saturated carbocycles. The number of benzene rings is 1. The van der Waals surface area contributed by atoms with Crippen molar-refractivity contribution in [3.05, 3.63) is 41.5 Å². The summed E-state index contributed by atoms with van der Waals surface area (Å²) in [6, 6.07) is 8.18. The van der Waals surface area contributed by atoms with Crippen LogP contribution in [-0.4, -0.2) is 6.29 Å². The monoisotopic (exact) mass is 200 g/mol. The van der Waals surface area contributed by atoms with Gasteiger partial charge in [-0.2, -0.15) is 0 Å².